The average molecular weight is 245 g/mol. The van der Waals surface area contributed by atoms with Crippen molar-refractivity contribution >= 4 is 29.2 Å². The van der Waals surface area contributed by atoms with Crippen LogP contribution in [-0.2, 0) is 0 Å². The second kappa shape index (κ2) is 4.14. The van der Waals surface area contributed by atoms with Crippen molar-refractivity contribution in [2.45, 2.75) is 20.0 Å². The fourth-order valence-corrected chi connectivity index (χ4v) is 1.70. The maximum Gasteiger partial charge on any atom is 0.144 e. The smallest absolute Gasteiger partial charge is 0.144 e. The van der Waals surface area contributed by atoms with Gasteiger partial charge in [0, 0.05) is 0 Å². The fraction of sp³-hybridized carbons (Fsp3) is 0.333. The van der Waals surface area contributed by atoms with Crippen LogP contribution >= 0.6 is 15.9 Å². The largest absolute Gasteiger partial charge is 0.490 e. The van der Waals surface area contributed by atoms with Crippen LogP contribution < -0.4 is 10.2 Å². The Morgan fingerprint density at radius 2 is 2.08 bits per heavy atom. The van der Waals surface area contributed by atoms with E-state index in [9.17, 15) is 4.39 Å². The van der Waals surface area contributed by atoms with Crippen molar-refractivity contribution < 1.29 is 9.13 Å². The molecular weight excluding hydrogens is 234 g/mol. The third-order valence-corrected chi connectivity index (χ3v) is 2.14. The summed E-state index contributed by atoms with van der Waals surface area (Å²) in [6.07, 6.45) is 0.0976. The summed E-state index contributed by atoms with van der Waals surface area (Å²) in [5, 5.41) is 0. The van der Waals surface area contributed by atoms with Gasteiger partial charge in [0.15, 0.2) is 0 Å². The molecule has 1 rings (SSSR count). The lowest BCUT2D eigenvalue weighted by molar-refractivity contribution is 0.242. The monoisotopic (exact) mass is 244 g/mol. The van der Waals surface area contributed by atoms with Crippen LogP contribution in [0.3, 0.4) is 0 Å². The van der Waals surface area contributed by atoms with Gasteiger partial charge in [-0.3, -0.25) is 0 Å². The molecule has 0 heterocycles. The number of ether oxygens (including phenoxy) is 1. The Bertz CT molecular complexity index is 291. The van der Waals surface area contributed by atoms with Crippen LogP contribution in [0.2, 0.25) is 0 Å². The minimum absolute atomic E-state index is 0.0976. The van der Waals surface area contributed by atoms with E-state index >= 15 is 0 Å². The zero-order valence-corrected chi connectivity index (χ0v) is 9.48. The van der Waals surface area contributed by atoms with Crippen molar-refractivity contribution in [2.75, 3.05) is 0 Å². The molecule has 1 aromatic rings. The predicted octanol–water partition coefficient (Wildman–Crippen LogP) is 1.63. The topological polar surface area (TPSA) is 9.23 Å². The first kappa shape index (κ1) is 10.6. The van der Waals surface area contributed by atoms with E-state index in [-0.39, 0.29) is 11.9 Å². The van der Waals surface area contributed by atoms with Crippen molar-refractivity contribution in [3.05, 3.63) is 22.4 Å². The van der Waals surface area contributed by atoms with Crippen molar-refractivity contribution in [1.82, 2.24) is 0 Å². The first-order valence-corrected chi connectivity index (χ1v) is 4.92. The molecule has 1 nitrogen and oxygen atoms in total. The summed E-state index contributed by atoms with van der Waals surface area (Å²) in [6.45, 7) is 3.88. The zero-order valence-electron chi connectivity index (χ0n) is 7.90. The lowest BCUT2D eigenvalue weighted by Crippen LogP contribution is -2.15. The minimum Gasteiger partial charge on any atom is -0.490 e. The summed E-state index contributed by atoms with van der Waals surface area (Å²) >= 11 is 3.26. The fourth-order valence-electron chi connectivity index (χ4n) is 1.07. The van der Waals surface area contributed by atoms with E-state index < -0.39 is 0 Å². The van der Waals surface area contributed by atoms with E-state index in [4.69, 9.17) is 4.74 Å². The lowest BCUT2D eigenvalue weighted by atomic mass is 9.95. The summed E-state index contributed by atoms with van der Waals surface area (Å²) in [4.78, 5) is 0. The van der Waals surface area contributed by atoms with Gasteiger partial charge in [-0.15, -0.1) is 0 Å². The molecule has 0 aliphatic rings. The highest BCUT2D eigenvalue weighted by molar-refractivity contribution is 9.10. The van der Waals surface area contributed by atoms with Crippen LogP contribution in [0.25, 0.3) is 0 Å². The molecule has 1 aromatic carbocycles. The van der Waals surface area contributed by atoms with Gasteiger partial charge in [0.05, 0.1) is 10.6 Å². The Labute approximate surface area is 86.8 Å². The van der Waals surface area contributed by atoms with Crippen LogP contribution in [-0.4, -0.2) is 14.0 Å². The highest BCUT2D eigenvalue weighted by Gasteiger charge is 2.08. The van der Waals surface area contributed by atoms with Crippen LogP contribution in [0.15, 0.2) is 16.6 Å². The highest BCUT2D eigenvalue weighted by atomic mass is 79.9. The van der Waals surface area contributed by atoms with Gasteiger partial charge in [-0.1, -0.05) is 0 Å². The second-order valence-electron chi connectivity index (χ2n) is 3.20. The zero-order chi connectivity index (χ0) is 10.0. The molecule has 0 spiro atoms. The molecule has 4 heteroatoms. The summed E-state index contributed by atoms with van der Waals surface area (Å²) < 4.78 is 19.0. The second-order valence-corrected chi connectivity index (χ2v) is 4.05. The molecule has 0 amide bonds. The number of hydrogen-bond acceptors (Lipinski definition) is 1. The molecule has 0 aliphatic heterocycles. The molecule has 0 saturated carbocycles. The van der Waals surface area contributed by atoms with Gasteiger partial charge in [-0.25, -0.2) is 4.39 Å². The highest BCUT2D eigenvalue weighted by Crippen LogP contribution is 2.23. The molecule has 0 aliphatic carbocycles. The Balaban J connectivity index is 3.06. The normalized spacial score (nSPS) is 10.5. The summed E-state index contributed by atoms with van der Waals surface area (Å²) in [7, 11) is 1.82. The summed E-state index contributed by atoms with van der Waals surface area (Å²) in [6, 6.07) is 2.87. The van der Waals surface area contributed by atoms with Crippen molar-refractivity contribution in [3.8, 4) is 5.75 Å². The molecule has 13 heavy (non-hydrogen) atoms. The number of benzene rings is 1. The summed E-state index contributed by atoms with van der Waals surface area (Å²) in [5.74, 6) is 0.469. The third kappa shape index (κ3) is 2.73. The molecule has 0 fully saturated rings. The van der Waals surface area contributed by atoms with Crippen molar-refractivity contribution in [1.29, 1.82) is 0 Å². The molecular formula is C9H11BBrFO. The average Bonchev–Trinajstić information content (AvgIpc) is 1.96. The van der Waals surface area contributed by atoms with Gasteiger partial charge in [-0.05, 0) is 47.4 Å². The summed E-state index contributed by atoms with van der Waals surface area (Å²) in [5.41, 5.74) is 0.806. The van der Waals surface area contributed by atoms with Gasteiger partial charge in [0.25, 0.3) is 0 Å². The van der Waals surface area contributed by atoms with E-state index in [0.29, 0.717) is 4.47 Å². The quantitative estimate of drug-likeness (QED) is 0.719. The van der Waals surface area contributed by atoms with Crippen molar-refractivity contribution in [3.63, 3.8) is 0 Å². The Kier molecular flexibility index (Phi) is 3.36. The van der Waals surface area contributed by atoms with Gasteiger partial charge in [-0.2, -0.15) is 0 Å². The predicted molar refractivity (Wildman–Crippen MR) is 58.0 cm³/mol. The Morgan fingerprint density at radius 1 is 1.46 bits per heavy atom. The first-order chi connectivity index (χ1) is 6.00. The van der Waals surface area contributed by atoms with Gasteiger partial charge in [0.1, 0.15) is 19.4 Å². The molecule has 0 saturated heterocycles. The third-order valence-electron chi connectivity index (χ3n) is 1.55. The molecule has 0 N–H and O–H groups in total. The van der Waals surface area contributed by atoms with Gasteiger partial charge in [0.2, 0.25) is 0 Å². The van der Waals surface area contributed by atoms with Crippen molar-refractivity contribution in [2.24, 2.45) is 0 Å². The number of rotatable bonds is 2. The van der Waals surface area contributed by atoms with Gasteiger partial charge < -0.3 is 4.74 Å². The SMILES string of the molecule is Bc1cc(F)cc(Br)c1OC(C)C. The Hall–Kier alpha value is -0.505. The first-order valence-electron chi connectivity index (χ1n) is 4.13. The maximum atomic E-state index is 12.9. The number of halogens is 2. The molecule has 0 radical (unpaired) electrons. The maximum absolute atomic E-state index is 12.9. The van der Waals surface area contributed by atoms with Crippen LogP contribution in [0.1, 0.15) is 13.8 Å². The van der Waals surface area contributed by atoms with Crippen LogP contribution in [0, 0.1) is 5.82 Å². The molecule has 0 bridgehead atoms. The Morgan fingerprint density at radius 3 is 2.54 bits per heavy atom. The van der Waals surface area contributed by atoms with E-state index in [1.165, 1.54) is 12.1 Å². The van der Waals surface area contributed by atoms with Crippen LogP contribution in [0.5, 0.6) is 5.75 Å². The number of hydrogen-bond donors (Lipinski definition) is 0. The lowest BCUT2D eigenvalue weighted by Gasteiger charge is -2.14. The van der Waals surface area contributed by atoms with E-state index in [0.717, 1.165) is 11.2 Å². The van der Waals surface area contributed by atoms with E-state index in [1.54, 1.807) is 0 Å². The molecule has 0 unspecified atom stereocenters. The molecule has 0 aromatic heterocycles. The molecule has 0 atom stereocenters. The standard InChI is InChI=1S/C9H11BBrFO/c1-5(2)13-9-7(10)3-6(12)4-8(9)11/h3-5H,10H2,1-2H3. The minimum atomic E-state index is -0.250. The van der Waals surface area contributed by atoms with E-state index in [2.05, 4.69) is 15.9 Å². The van der Waals surface area contributed by atoms with Crippen LogP contribution in [0.4, 0.5) is 4.39 Å². The van der Waals surface area contributed by atoms with Gasteiger partial charge >= 0.3 is 0 Å². The van der Waals surface area contributed by atoms with E-state index in [1.807, 2.05) is 21.7 Å². The molecule has 70 valence electrons.